The number of amides is 1. The molecule has 0 bridgehead atoms. The average Bonchev–Trinajstić information content (AvgIpc) is 2.12. The van der Waals surface area contributed by atoms with Crippen LogP contribution in [0.4, 0.5) is 0 Å². The summed E-state index contributed by atoms with van der Waals surface area (Å²) < 4.78 is 5.09. The van der Waals surface area contributed by atoms with Gasteiger partial charge >= 0.3 is 0 Å². The molecule has 0 aliphatic carbocycles. The summed E-state index contributed by atoms with van der Waals surface area (Å²) in [6.45, 7) is 1.60. The molecule has 1 aromatic carbocycles. The van der Waals surface area contributed by atoms with Crippen LogP contribution in [0.5, 0.6) is 0 Å². The van der Waals surface area contributed by atoms with Crippen LogP contribution in [-0.2, 0) is 11.2 Å². The summed E-state index contributed by atoms with van der Waals surface area (Å²) in [5.41, 5.74) is 6.95. The second-order valence-corrected chi connectivity index (χ2v) is 3.63. The number of rotatable bonds is 3. The minimum Gasteiger partial charge on any atom is -0.381 e. The lowest BCUT2D eigenvalue weighted by atomic mass is 9.94. The monoisotopic (exact) mass is 191 g/mol. The number of primary amides is 1. The Labute approximate surface area is 82.9 Å². The molecular weight excluding hydrogens is 178 g/mol. The number of carbonyl (C=O) groups is 1. The minimum absolute atomic E-state index is 0.346. The van der Waals surface area contributed by atoms with Gasteiger partial charge in [-0.05, 0) is 18.1 Å². The van der Waals surface area contributed by atoms with E-state index in [0.717, 1.165) is 25.2 Å². The summed E-state index contributed by atoms with van der Waals surface area (Å²) >= 11 is 0. The molecule has 0 radical (unpaired) electrons. The summed E-state index contributed by atoms with van der Waals surface area (Å²) in [5.74, 6) is 0.205. The van der Waals surface area contributed by atoms with Gasteiger partial charge in [-0.3, -0.25) is 4.79 Å². The van der Waals surface area contributed by atoms with Crippen LogP contribution < -0.4 is 5.73 Å². The van der Waals surface area contributed by atoms with Gasteiger partial charge in [0.15, 0.2) is 0 Å². The fraction of sp³-hybridized carbons (Fsp3) is 0.364. The van der Waals surface area contributed by atoms with Gasteiger partial charge in [0.1, 0.15) is 0 Å². The molecule has 14 heavy (non-hydrogen) atoms. The van der Waals surface area contributed by atoms with Crippen molar-refractivity contribution in [3.63, 3.8) is 0 Å². The fourth-order valence-electron chi connectivity index (χ4n) is 1.65. The largest absolute Gasteiger partial charge is 0.381 e. The van der Waals surface area contributed by atoms with Gasteiger partial charge in [0.05, 0.1) is 13.2 Å². The lowest BCUT2D eigenvalue weighted by Crippen LogP contribution is -2.30. The van der Waals surface area contributed by atoms with Crippen LogP contribution >= 0.6 is 0 Å². The first-order valence-corrected chi connectivity index (χ1v) is 4.73. The van der Waals surface area contributed by atoms with Crippen LogP contribution in [-0.4, -0.2) is 19.1 Å². The maximum Gasteiger partial charge on any atom is 0.248 e. The van der Waals surface area contributed by atoms with E-state index >= 15 is 0 Å². The first-order valence-electron chi connectivity index (χ1n) is 4.73. The van der Waals surface area contributed by atoms with E-state index in [-0.39, 0.29) is 5.91 Å². The third kappa shape index (κ3) is 1.77. The van der Waals surface area contributed by atoms with Gasteiger partial charge in [-0.2, -0.15) is 0 Å². The number of hydrogen-bond acceptors (Lipinski definition) is 2. The van der Waals surface area contributed by atoms with Crippen molar-refractivity contribution >= 4 is 5.91 Å². The van der Waals surface area contributed by atoms with Gasteiger partial charge in [0, 0.05) is 11.5 Å². The maximum atomic E-state index is 11.1. The summed E-state index contributed by atoms with van der Waals surface area (Å²) in [4.78, 5) is 11.1. The van der Waals surface area contributed by atoms with Crippen LogP contribution in [0.1, 0.15) is 15.9 Å². The highest BCUT2D eigenvalue weighted by atomic mass is 16.5. The van der Waals surface area contributed by atoms with Crippen molar-refractivity contribution in [1.29, 1.82) is 0 Å². The molecule has 1 aromatic rings. The SMILES string of the molecule is NC(=O)c1ccccc1CC1COC1. The fourth-order valence-corrected chi connectivity index (χ4v) is 1.65. The van der Waals surface area contributed by atoms with Gasteiger partial charge in [-0.15, -0.1) is 0 Å². The van der Waals surface area contributed by atoms with E-state index in [1.165, 1.54) is 0 Å². The van der Waals surface area contributed by atoms with E-state index in [0.29, 0.717) is 11.5 Å². The molecule has 0 saturated carbocycles. The van der Waals surface area contributed by atoms with E-state index < -0.39 is 0 Å². The van der Waals surface area contributed by atoms with E-state index in [9.17, 15) is 4.79 Å². The van der Waals surface area contributed by atoms with Crippen LogP contribution in [0.25, 0.3) is 0 Å². The van der Waals surface area contributed by atoms with Crippen molar-refractivity contribution < 1.29 is 9.53 Å². The van der Waals surface area contributed by atoms with Crippen molar-refractivity contribution in [2.24, 2.45) is 11.7 Å². The molecular formula is C11H13NO2. The molecule has 0 unspecified atom stereocenters. The lowest BCUT2D eigenvalue weighted by Gasteiger charge is -2.26. The quantitative estimate of drug-likeness (QED) is 0.774. The van der Waals surface area contributed by atoms with Crippen molar-refractivity contribution in [1.82, 2.24) is 0 Å². The maximum absolute atomic E-state index is 11.1. The minimum atomic E-state index is -0.346. The topological polar surface area (TPSA) is 52.3 Å². The van der Waals surface area contributed by atoms with Gasteiger partial charge < -0.3 is 10.5 Å². The molecule has 0 spiro atoms. The Bertz CT molecular complexity index is 345. The molecule has 3 heteroatoms. The molecule has 2 N–H and O–H groups in total. The third-order valence-corrected chi connectivity index (χ3v) is 2.50. The highest BCUT2D eigenvalue weighted by Gasteiger charge is 2.20. The highest BCUT2D eigenvalue weighted by Crippen LogP contribution is 2.19. The smallest absolute Gasteiger partial charge is 0.248 e. The molecule has 1 aliphatic heterocycles. The van der Waals surface area contributed by atoms with Gasteiger partial charge in [-0.1, -0.05) is 18.2 Å². The summed E-state index contributed by atoms with van der Waals surface area (Å²) in [7, 11) is 0. The van der Waals surface area contributed by atoms with Crippen molar-refractivity contribution in [3.8, 4) is 0 Å². The second kappa shape index (κ2) is 3.80. The Balaban J connectivity index is 2.17. The molecule has 0 aromatic heterocycles. The molecule has 0 atom stereocenters. The molecule has 1 aliphatic rings. The Morgan fingerprint density at radius 3 is 2.71 bits per heavy atom. The van der Waals surface area contributed by atoms with Crippen molar-refractivity contribution in [3.05, 3.63) is 35.4 Å². The van der Waals surface area contributed by atoms with E-state index in [2.05, 4.69) is 0 Å². The van der Waals surface area contributed by atoms with E-state index in [1.54, 1.807) is 6.07 Å². The number of hydrogen-bond donors (Lipinski definition) is 1. The van der Waals surface area contributed by atoms with E-state index in [4.69, 9.17) is 10.5 Å². The first-order chi connectivity index (χ1) is 6.77. The number of benzene rings is 1. The molecule has 3 nitrogen and oxygen atoms in total. The molecule has 2 rings (SSSR count). The zero-order valence-electron chi connectivity index (χ0n) is 7.90. The number of ether oxygens (including phenoxy) is 1. The first kappa shape index (κ1) is 9.21. The normalized spacial score (nSPS) is 16.3. The summed E-state index contributed by atoms with van der Waals surface area (Å²) in [6.07, 6.45) is 0.888. The Morgan fingerprint density at radius 2 is 2.14 bits per heavy atom. The predicted octanol–water partition coefficient (Wildman–Crippen LogP) is 0.974. The standard InChI is InChI=1S/C11H13NO2/c12-11(13)10-4-2-1-3-9(10)5-8-6-14-7-8/h1-4,8H,5-7H2,(H2,12,13). The number of carbonyl (C=O) groups excluding carboxylic acids is 1. The van der Waals surface area contributed by atoms with Crippen LogP contribution in [0.3, 0.4) is 0 Å². The van der Waals surface area contributed by atoms with Crippen LogP contribution in [0, 0.1) is 5.92 Å². The zero-order valence-corrected chi connectivity index (χ0v) is 7.90. The van der Waals surface area contributed by atoms with Crippen molar-refractivity contribution in [2.45, 2.75) is 6.42 Å². The Kier molecular flexibility index (Phi) is 2.50. The van der Waals surface area contributed by atoms with Gasteiger partial charge in [-0.25, -0.2) is 0 Å². The predicted molar refractivity (Wildman–Crippen MR) is 53.0 cm³/mol. The van der Waals surface area contributed by atoms with Crippen LogP contribution in [0.2, 0.25) is 0 Å². The Hall–Kier alpha value is -1.35. The Morgan fingerprint density at radius 1 is 1.43 bits per heavy atom. The highest BCUT2D eigenvalue weighted by molar-refractivity contribution is 5.94. The summed E-state index contributed by atoms with van der Waals surface area (Å²) in [6, 6.07) is 7.50. The second-order valence-electron chi connectivity index (χ2n) is 3.63. The average molecular weight is 191 g/mol. The van der Waals surface area contributed by atoms with Gasteiger partial charge in [0.2, 0.25) is 5.91 Å². The molecule has 1 heterocycles. The summed E-state index contributed by atoms with van der Waals surface area (Å²) in [5, 5.41) is 0. The molecule has 1 saturated heterocycles. The third-order valence-electron chi connectivity index (χ3n) is 2.50. The zero-order chi connectivity index (χ0) is 9.97. The van der Waals surface area contributed by atoms with E-state index in [1.807, 2.05) is 18.2 Å². The van der Waals surface area contributed by atoms with Crippen LogP contribution in [0.15, 0.2) is 24.3 Å². The number of nitrogens with two attached hydrogens (primary N) is 1. The lowest BCUT2D eigenvalue weighted by molar-refractivity contribution is -0.0312. The van der Waals surface area contributed by atoms with Crippen molar-refractivity contribution in [2.75, 3.05) is 13.2 Å². The molecule has 1 fully saturated rings. The van der Waals surface area contributed by atoms with Gasteiger partial charge in [0.25, 0.3) is 0 Å². The molecule has 74 valence electrons. The molecule has 1 amide bonds.